The average molecular weight is 301 g/mol. The highest BCUT2D eigenvalue weighted by molar-refractivity contribution is 6.29. The maximum atomic E-state index is 12.7. The normalized spacial score (nSPS) is 14.0. The van der Waals surface area contributed by atoms with E-state index in [-0.39, 0.29) is 5.91 Å². The average Bonchev–Trinajstić information content (AvgIpc) is 3.31. The Labute approximate surface area is 129 Å². The number of aryl methyl sites for hydroxylation is 1. The number of halogens is 1. The zero-order valence-corrected chi connectivity index (χ0v) is 12.7. The van der Waals surface area contributed by atoms with E-state index in [0.717, 1.165) is 18.4 Å². The molecule has 0 bridgehead atoms. The second kappa shape index (κ2) is 5.86. The highest BCUT2D eigenvalue weighted by Gasteiger charge is 2.33. The molecule has 3 rings (SSSR count). The molecule has 1 aromatic carbocycles. The van der Waals surface area contributed by atoms with Gasteiger partial charge in [0.1, 0.15) is 5.15 Å². The molecule has 0 N–H and O–H groups in total. The third-order valence-electron chi connectivity index (χ3n) is 3.70. The number of pyridine rings is 1. The van der Waals surface area contributed by atoms with Crippen molar-refractivity contribution >= 4 is 17.5 Å². The van der Waals surface area contributed by atoms with Crippen LogP contribution in [0.25, 0.3) is 0 Å². The number of nitrogens with zero attached hydrogens (tertiary/aromatic N) is 2. The Hall–Kier alpha value is -1.87. The van der Waals surface area contributed by atoms with E-state index in [1.807, 2.05) is 4.90 Å². The van der Waals surface area contributed by atoms with Gasteiger partial charge in [-0.05, 0) is 37.5 Å². The molecule has 1 aliphatic rings. The van der Waals surface area contributed by atoms with E-state index in [0.29, 0.717) is 23.3 Å². The monoisotopic (exact) mass is 300 g/mol. The van der Waals surface area contributed by atoms with Crippen LogP contribution in [-0.4, -0.2) is 21.8 Å². The van der Waals surface area contributed by atoms with Crippen LogP contribution in [0, 0.1) is 6.92 Å². The third kappa shape index (κ3) is 3.42. The van der Waals surface area contributed by atoms with Gasteiger partial charge >= 0.3 is 0 Å². The summed E-state index contributed by atoms with van der Waals surface area (Å²) in [5.74, 6) is 0.0299. The summed E-state index contributed by atoms with van der Waals surface area (Å²) in [6.45, 7) is 2.71. The molecule has 1 amide bonds. The lowest BCUT2D eigenvalue weighted by Gasteiger charge is -2.22. The molecule has 1 saturated carbocycles. The third-order valence-corrected chi connectivity index (χ3v) is 3.92. The van der Waals surface area contributed by atoms with E-state index < -0.39 is 0 Å². The molecule has 0 unspecified atom stereocenters. The number of benzene rings is 1. The summed E-state index contributed by atoms with van der Waals surface area (Å²) in [6.07, 6.45) is 3.71. The van der Waals surface area contributed by atoms with Gasteiger partial charge in [-0.1, -0.05) is 41.4 Å². The lowest BCUT2D eigenvalue weighted by Crippen LogP contribution is -2.32. The van der Waals surface area contributed by atoms with Crippen molar-refractivity contribution in [1.82, 2.24) is 9.88 Å². The van der Waals surface area contributed by atoms with Crippen molar-refractivity contribution in [1.29, 1.82) is 0 Å². The van der Waals surface area contributed by atoms with E-state index >= 15 is 0 Å². The van der Waals surface area contributed by atoms with Crippen molar-refractivity contribution in [3.8, 4) is 0 Å². The van der Waals surface area contributed by atoms with Gasteiger partial charge in [0, 0.05) is 18.8 Å². The largest absolute Gasteiger partial charge is 0.331 e. The molecule has 1 aliphatic carbocycles. The predicted octanol–water partition coefficient (Wildman–Crippen LogP) is 3.85. The lowest BCUT2D eigenvalue weighted by molar-refractivity contribution is 0.0729. The molecule has 0 aliphatic heterocycles. The summed E-state index contributed by atoms with van der Waals surface area (Å²) in [7, 11) is 0. The second-order valence-corrected chi connectivity index (χ2v) is 5.91. The minimum Gasteiger partial charge on any atom is -0.331 e. The molecule has 0 atom stereocenters. The molecule has 0 spiro atoms. The first kappa shape index (κ1) is 14.1. The molecule has 0 saturated heterocycles. The predicted molar refractivity (Wildman–Crippen MR) is 83.3 cm³/mol. The molecule has 3 nitrogen and oxygen atoms in total. The fourth-order valence-electron chi connectivity index (χ4n) is 2.31. The van der Waals surface area contributed by atoms with E-state index in [2.05, 4.69) is 36.2 Å². The van der Waals surface area contributed by atoms with Crippen molar-refractivity contribution in [2.45, 2.75) is 32.4 Å². The Morgan fingerprint density at radius 2 is 1.95 bits per heavy atom. The summed E-state index contributed by atoms with van der Waals surface area (Å²) in [5.41, 5.74) is 2.98. The molecular formula is C17H17ClN2O. The van der Waals surface area contributed by atoms with Crippen molar-refractivity contribution in [2.24, 2.45) is 0 Å². The van der Waals surface area contributed by atoms with Crippen LogP contribution in [0.2, 0.25) is 5.15 Å². The summed E-state index contributed by atoms with van der Waals surface area (Å²) in [5, 5.41) is 0.406. The van der Waals surface area contributed by atoms with Gasteiger partial charge in [0.25, 0.3) is 5.91 Å². The van der Waals surface area contributed by atoms with Crippen LogP contribution in [0.15, 0.2) is 42.6 Å². The lowest BCUT2D eigenvalue weighted by atomic mass is 10.1. The summed E-state index contributed by atoms with van der Waals surface area (Å²) < 4.78 is 0. The van der Waals surface area contributed by atoms with Gasteiger partial charge < -0.3 is 4.90 Å². The Morgan fingerprint density at radius 3 is 2.52 bits per heavy atom. The number of carbonyl (C=O) groups excluding carboxylic acids is 1. The van der Waals surface area contributed by atoms with Gasteiger partial charge in [0.05, 0.1) is 5.56 Å². The SMILES string of the molecule is Cc1ccc(CN(C(=O)c2ccc(Cl)nc2)C2CC2)cc1. The van der Waals surface area contributed by atoms with Gasteiger partial charge in [0.2, 0.25) is 0 Å². The fourth-order valence-corrected chi connectivity index (χ4v) is 2.42. The van der Waals surface area contributed by atoms with E-state index in [9.17, 15) is 4.79 Å². The fraction of sp³-hybridized carbons (Fsp3) is 0.294. The Morgan fingerprint density at radius 1 is 1.24 bits per heavy atom. The van der Waals surface area contributed by atoms with Crippen molar-refractivity contribution in [3.63, 3.8) is 0 Å². The van der Waals surface area contributed by atoms with Crippen molar-refractivity contribution in [2.75, 3.05) is 0 Å². The molecule has 4 heteroatoms. The number of hydrogen-bond donors (Lipinski definition) is 0. The van der Waals surface area contributed by atoms with Gasteiger partial charge in [-0.2, -0.15) is 0 Å². The smallest absolute Gasteiger partial charge is 0.255 e. The summed E-state index contributed by atoms with van der Waals surface area (Å²) >= 11 is 5.78. The van der Waals surface area contributed by atoms with Crippen LogP contribution in [0.1, 0.15) is 34.3 Å². The first-order valence-electron chi connectivity index (χ1n) is 7.11. The molecule has 0 radical (unpaired) electrons. The molecule has 1 fully saturated rings. The molecule has 2 aromatic rings. The highest BCUT2D eigenvalue weighted by atomic mass is 35.5. The first-order valence-corrected chi connectivity index (χ1v) is 7.49. The van der Waals surface area contributed by atoms with Gasteiger partial charge in [-0.3, -0.25) is 4.79 Å². The van der Waals surface area contributed by atoms with Crippen LogP contribution < -0.4 is 0 Å². The van der Waals surface area contributed by atoms with Crippen LogP contribution in [0.5, 0.6) is 0 Å². The quantitative estimate of drug-likeness (QED) is 0.804. The summed E-state index contributed by atoms with van der Waals surface area (Å²) in [4.78, 5) is 18.6. The topological polar surface area (TPSA) is 33.2 Å². The molecule has 1 aromatic heterocycles. The van der Waals surface area contributed by atoms with E-state index in [4.69, 9.17) is 11.6 Å². The molecule has 108 valence electrons. The number of rotatable bonds is 4. The molecule has 1 heterocycles. The van der Waals surface area contributed by atoms with Crippen molar-refractivity contribution in [3.05, 3.63) is 64.4 Å². The summed E-state index contributed by atoms with van der Waals surface area (Å²) in [6, 6.07) is 12.1. The number of hydrogen-bond acceptors (Lipinski definition) is 2. The maximum absolute atomic E-state index is 12.7. The highest BCUT2D eigenvalue weighted by Crippen LogP contribution is 2.30. The standard InChI is InChI=1S/C17H17ClN2O/c1-12-2-4-13(5-3-12)11-20(15-7-8-15)17(21)14-6-9-16(18)19-10-14/h2-6,9-10,15H,7-8,11H2,1H3. The minimum absolute atomic E-state index is 0.0299. The number of aromatic nitrogens is 1. The van der Waals surface area contributed by atoms with Gasteiger partial charge in [-0.25, -0.2) is 4.98 Å². The van der Waals surface area contributed by atoms with Gasteiger partial charge in [-0.15, -0.1) is 0 Å². The zero-order chi connectivity index (χ0) is 14.8. The number of carbonyl (C=O) groups is 1. The van der Waals surface area contributed by atoms with Crippen LogP contribution >= 0.6 is 11.6 Å². The second-order valence-electron chi connectivity index (χ2n) is 5.52. The van der Waals surface area contributed by atoms with Crippen molar-refractivity contribution < 1.29 is 4.79 Å². The van der Waals surface area contributed by atoms with E-state index in [1.54, 1.807) is 18.3 Å². The Balaban J connectivity index is 1.79. The van der Waals surface area contributed by atoms with E-state index in [1.165, 1.54) is 5.56 Å². The maximum Gasteiger partial charge on any atom is 0.255 e. The van der Waals surface area contributed by atoms with Gasteiger partial charge in [0.15, 0.2) is 0 Å². The molecular weight excluding hydrogens is 284 g/mol. The minimum atomic E-state index is 0.0299. The first-order chi connectivity index (χ1) is 10.1. The zero-order valence-electron chi connectivity index (χ0n) is 11.9. The number of amides is 1. The Kier molecular flexibility index (Phi) is 3.93. The molecule has 21 heavy (non-hydrogen) atoms. The van der Waals surface area contributed by atoms with Crippen LogP contribution in [0.4, 0.5) is 0 Å². The van der Waals surface area contributed by atoms with Crippen LogP contribution in [-0.2, 0) is 6.54 Å². The van der Waals surface area contributed by atoms with Crippen LogP contribution in [0.3, 0.4) is 0 Å². The Bertz CT molecular complexity index is 633.